The molecule has 1 fully saturated rings. The summed E-state index contributed by atoms with van der Waals surface area (Å²) >= 11 is 0. The quantitative estimate of drug-likeness (QED) is 0.817. The number of amides is 3. The molecule has 114 valence electrons. The number of hydrogen-bond donors (Lipinski definition) is 1. The molecule has 5 heteroatoms. The van der Waals surface area contributed by atoms with Crippen molar-refractivity contribution in [1.82, 2.24) is 10.2 Å². The number of ether oxygens (including phenoxy) is 1. The maximum atomic E-state index is 11.8. The lowest BCUT2D eigenvalue weighted by molar-refractivity contribution is -0.127. The molecule has 1 N–H and O–H groups in total. The number of nitrogens with zero attached hydrogens (tertiary/aromatic N) is 1. The lowest BCUT2D eigenvalue weighted by Gasteiger charge is -2.13. The highest BCUT2D eigenvalue weighted by atomic mass is 16.5. The summed E-state index contributed by atoms with van der Waals surface area (Å²) in [5, 5.41) is 2.61. The summed E-state index contributed by atoms with van der Waals surface area (Å²) < 4.78 is 5.62. The van der Waals surface area contributed by atoms with Crippen molar-refractivity contribution in [3.05, 3.63) is 29.8 Å². The molecule has 0 saturated carbocycles. The minimum atomic E-state index is -0.413. The van der Waals surface area contributed by atoms with Gasteiger partial charge < -0.3 is 10.1 Å². The Hall–Kier alpha value is -2.04. The van der Waals surface area contributed by atoms with Gasteiger partial charge in [0.25, 0.3) is 5.91 Å². The van der Waals surface area contributed by atoms with Gasteiger partial charge in [0.2, 0.25) is 0 Å². The number of urea groups is 1. The zero-order valence-electron chi connectivity index (χ0n) is 12.8. The molecule has 3 amide bonds. The van der Waals surface area contributed by atoms with Gasteiger partial charge in [0.1, 0.15) is 11.8 Å². The fourth-order valence-corrected chi connectivity index (χ4v) is 2.13. The van der Waals surface area contributed by atoms with Crippen molar-refractivity contribution in [3.63, 3.8) is 0 Å². The van der Waals surface area contributed by atoms with Crippen molar-refractivity contribution in [1.29, 1.82) is 0 Å². The molecule has 1 atom stereocenters. The number of hydrogen-bond acceptors (Lipinski definition) is 3. The molecule has 1 aliphatic heterocycles. The van der Waals surface area contributed by atoms with Crippen LogP contribution in [-0.2, 0) is 11.2 Å². The molecule has 0 spiro atoms. The van der Waals surface area contributed by atoms with E-state index in [1.165, 1.54) is 4.90 Å². The van der Waals surface area contributed by atoms with Gasteiger partial charge in [-0.1, -0.05) is 26.0 Å². The Labute approximate surface area is 125 Å². The maximum Gasteiger partial charge on any atom is 0.324 e. The molecule has 21 heavy (non-hydrogen) atoms. The third kappa shape index (κ3) is 3.97. The predicted molar refractivity (Wildman–Crippen MR) is 80.2 cm³/mol. The zero-order valence-corrected chi connectivity index (χ0v) is 12.8. The van der Waals surface area contributed by atoms with Crippen LogP contribution >= 0.6 is 0 Å². The van der Waals surface area contributed by atoms with Gasteiger partial charge in [-0.15, -0.1) is 0 Å². The van der Waals surface area contributed by atoms with Crippen LogP contribution in [0.4, 0.5) is 4.79 Å². The molecule has 0 bridgehead atoms. The third-order valence-corrected chi connectivity index (χ3v) is 3.35. The summed E-state index contributed by atoms with van der Waals surface area (Å²) in [5.41, 5.74) is 1.08. The predicted octanol–water partition coefficient (Wildman–Crippen LogP) is 2.20. The summed E-state index contributed by atoms with van der Waals surface area (Å²) in [4.78, 5) is 24.6. The normalized spacial score (nSPS) is 18.3. The van der Waals surface area contributed by atoms with E-state index in [2.05, 4.69) is 19.2 Å². The van der Waals surface area contributed by atoms with Gasteiger partial charge in [0.15, 0.2) is 0 Å². The first-order chi connectivity index (χ1) is 9.97. The van der Waals surface area contributed by atoms with Gasteiger partial charge >= 0.3 is 6.03 Å². The van der Waals surface area contributed by atoms with Crippen molar-refractivity contribution >= 4 is 11.9 Å². The van der Waals surface area contributed by atoms with Crippen molar-refractivity contribution in [2.24, 2.45) is 5.92 Å². The minimum absolute atomic E-state index is 0.156. The molecular weight excluding hydrogens is 268 g/mol. The van der Waals surface area contributed by atoms with Crippen molar-refractivity contribution in [2.45, 2.75) is 33.2 Å². The molecule has 1 heterocycles. The number of imide groups is 1. The van der Waals surface area contributed by atoms with E-state index in [1.807, 2.05) is 24.3 Å². The first-order valence-corrected chi connectivity index (χ1v) is 7.31. The summed E-state index contributed by atoms with van der Waals surface area (Å²) in [6, 6.07) is 7.07. The van der Waals surface area contributed by atoms with Crippen LogP contribution in [0.1, 0.15) is 26.3 Å². The molecule has 1 aliphatic rings. The van der Waals surface area contributed by atoms with Crippen LogP contribution in [0.5, 0.6) is 5.75 Å². The SMILES string of the molecule is CC(C)COc1ccc(CCN2C(=O)N[C@H](C)C2=O)cc1. The van der Waals surface area contributed by atoms with Crippen LogP contribution in [-0.4, -0.2) is 36.0 Å². The monoisotopic (exact) mass is 290 g/mol. The van der Waals surface area contributed by atoms with Gasteiger partial charge in [-0.05, 0) is 37.0 Å². The molecule has 0 unspecified atom stereocenters. The Morgan fingerprint density at radius 2 is 1.90 bits per heavy atom. The number of benzene rings is 1. The fourth-order valence-electron chi connectivity index (χ4n) is 2.13. The second-order valence-corrected chi connectivity index (χ2v) is 5.76. The third-order valence-electron chi connectivity index (χ3n) is 3.35. The Kier molecular flexibility index (Phi) is 4.83. The summed E-state index contributed by atoms with van der Waals surface area (Å²) in [6.07, 6.45) is 0.649. The molecule has 0 aliphatic carbocycles. The highest BCUT2D eigenvalue weighted by molar-refractivity contribution is 6.03. The molecule has 5 nitrogen and oxygen atoms in total. The van der Waals surface area contributed by atoms with Crippen molar-refractivity contribution in [2.75, 3.05) is 13.2 Å². The van der Waals surface area contributed by atoms with Crippen molar-refractivity contribution in [3.8, 4) is 5.75 Å². The standard InChI is InChI=1S/C16H22N2O3/c1-11(2)10-21-14-6-4-13(5-7-14)8-9-18-15(19)12(3)17-16(18)20/h4-7,11-12H,8-10H2,1-3H3,(H,17,20)/t12-/m1/s1. The van der Waals surface area contributed by atoms with Crippen molar-refractivity contribution < 1.29 is 14.3 Å². The van der Waals surface area contributed by atoms with Gasteiger partial charge in [-0.3, -0.25) is 9.69 Å². The van der Waals surface area contributed by atoms with Gasteiger partial charge in [0, 0.05) is 6.54 Å². The van der Waals surface area contributed by atoms with Gasteiger partial charge in [-0.2, -0.15) is 0 Å². The van der Waals surface area contributed by atoms with Crippen LogP contribution in [0.25, 0.3) is 0 Å². The molecular formula is C16H22N2O3. The largest absolute Gasteiger partial charge is 0.493 e. The number of carbonyl (C=O) groups is 2. The smallest absolute Gasteiger partial charge is 0.324 e. The average Bonchev–Trinajstić information content (AvgIpc) is 2.69. The second-order valence-electron chi connectivity index (χ2n) is 5.76. The minimum Gasteiger partial charge on any atom is -0.493 e. The first kappa shape index (κ1) is 15.4. The zero-order chi connectivity index (χ0) is 15.4. The molecule has 1 aromatic carbocycles. The first-order valence-electron chi connectivity index (χ1n) is 7.31. The van der Waals surface area contributed by atoms with E-state index in [4.69, 9.17) is 4.74 Å². The van der Waals surface area contributed by atoms with E-state index in [1.54, 1.807) is 6.92 Å². The molecule has 0 aromatic heterocycles. The molecule has 1 aromatic rings. The van der Waals surface area contributed by atoms with Crippen LogP contribution in [0, 0.1) is 5.92 Å². The van der Waals surface area contributed by atoms with E-state index >= 15 is 0 Å². The highest BCUT2D eigenvalue weighted by Crippen LogP contribution is 2.15. The van der Waals surface area contributed by atoms with Gasteiger partial charge in [-0.25, -0.2) is 4.79 Å². The van der Waals surface area contributed by atoms with E-state index in [9.17, 15) is 9.59 Å². The van der Waals surface area contributed by atoms with E-state index in [0.717, 1.165) is 11.3 Å². The Morgan fingerprint density at radius 3 is 2.43 bits per heavy atom. The Morgan fingerprint density at radius 1 is 1.24 bits per heavy atom. The lowest BCUT2D eigenvalue weighted by Crippen LogP contribution is -2.33. The van der Waals surface area contributed by atoms with Crippen LogP contribution in [0.2, 0.25) is 0 Å². The number of rotatable bonds is 6. The van der Waals surface area contributed by atoms with E-state index < -0.39 is 6.04 Å². The maximum absolute atomic E-state index is 11.8. The summed E-state index contributed by atoms with van der Waals surface area (Å²) in [5.74, 6) is 1.18. The average molecular weight is 290 g/mol. The van der Waals surface area contributed by atoms with Gasteiger partial charge in [0.05, 0.1) is 6.61 Å². The molecule has 2 rings (SSSR count). The van der Waals surface area contributed by atoms with E-state index in [-0.39, 0.29) is 11.9 Å². The second kappa shape index (κ2) is 6.61. The molecule has 1 saturated heterocycles. The van der Waals surface area contributed by atoms with E-state index in [0.29, 0.717) is 25.5 Å². The molecule has 0 radical (unpaired) electrons. The number of nitrogens with one attached hydrogen (secondary N) is 1. The Bertz CT molecular complexity index is 511. The summed E-state index contributed by atoms with van der Waals surface area (Å²) in [6.45, 7) is 7.00. The van der Waals surface area contributed by atoms with Crippen LogP contribution in [0.15, 0.2) is 24.3 Å². The highest BCUT2D eigenvalue weighted by Gasteiger charge is 2.34. The Balaban J connectivity index is 1.86. The van der Waals surface area contributed by atoms with Crippen LogP contribution < -0.4 is 10.1 Å². The topological polar surface area (TPSA) is 58.6 Å². The fraction of sp³-hybridized carbons (Fsp3) is 0.500. The lowest BCUT2D eigenvalue weighted by atomic mass is 10.1. The van der Waals surface area contributed by atoms with Crippen LogP contribution in [0.3, 0.4) is 0 Å². The summed E-state index contributed by atoms with van der Waals surface area (Å²) in [7, 11) is 0. The number of carbonyl (C=O) groups excluding carboxylic acids is 2.